The van der Waals surface area contributed by atoms with Gasteiger partial charge in [0.25, 0.3) is 0 Å². The predicted octanol–water partition coefficient (Wildman–Crippen LogP) is 6.02. The molecule has 0 radical (unpaired) electrons. The molecule has 0 saturated heterocycles. The molecule has 0 bridgehead atoms. The molecule has 0 aromatic heterocycles. The summed E-state index contributed by atoms with van der Waals surface area (Å²) in [5, 5.41) is 9.47. The third-order valence-corrected chi connectivity index (χ3v) is 6.08. The molecule has 2 aromatic rings. The average Bonchev–Trinajstić information content (AvgIpc) is 2.70. The molecule has 0 amide bonds. The molecule has 3 rings (SSSR count). The van der Waals surface area contributed by atoms with E-state index in [1.807, 2.05) is 18.2 Å². The number of quaternary nitrogens is 1. The molecule has 0 fully saturated rings. The van der Waals surface area contributed by atoms with Crippen LogP contribution in [0.2, 0.25) is 0 Å². The van der Waals surface area contributed by atoms with Gasteiger partial charge >= 0.3 is 5.97 Å². The van der Waals surface area contributed by atoms with Gasteiger partial charge in [-0.15, -0.1) is 0 Å². The highest BCUT2D eigenvalue weighted by atomic mass is 79.9. The minimum absolute atomic E-state index is 0.472. The Morgan fingerprint density at radius 1 is 0.926 bits per heavy atom. The van der Waals surface area contributed by atoms with E-state index in [9.17, 15) is 9.90 Å². The third kappa shape index (κ3) is 4.76. The Bertz CT molecular complexity index is 830. The number of rotatable bonds is 4. The number of hydrogen-bond acceptors (Lipinski definition) is 1. The first-order valence-electron chi connectivity index (χ1n) is 9.39. The van der Waals surface area contributed by atoms with Crippen LogP contribution in [0.5, 0.6) is 0 Å². The molecule has 0 aliphatic carbocycles. The van der Waals surface area contributed by atoms with Gasteiger partial charge in [0.2, 0.25) is 0 Å². The summed E-state index contributed by atoms with van der Waals surface area (Å²) in [4.78, 5) is 11.5. The maximum absolute atomic E-state index is 11.5. The van der Waals surface area contributed by atoms with E-state index in [0.29, 0.717) is 16.5 Å². The lowest BCUT2D eigenvalue weighted by molar-refractivity contribution is -0.132. The predicted molar refractivity (Wildman–Crippen MR) is 114 cm³/mol. The number of nitrogens with zero attached hydrogens (tertiary/aromatic N) is 1. The van der Waals surface area contributed by atoms with Gasteiger partial charge in [0.05, 0.1) is 6.54 Å². The van der Waals surface area contributed by atoms with Crippen molar-refractivity contribution < 1.29 is 9.90 Å². The van der Waals surface area contributed by atoms with Crippen LogP contribution in [0.15, 0.2) is 83.0 Å². The fraction of sp³-hybridized carbons (Fsp3) is 0.261. The highest BCUT2D eigenvalue weighted by molar-refractivity contribution is 9.11. The van der Waals surface area contributed by atoms with Crippen LogP contribution in [0.3, 0.4) is 0 Å². The molecule has 2 aromatic carbocycles. The molecular formula is C23H25BrNO2+. The first-order chi connectivity index (χ1) is 13.1. The molecule has 140 valence electrons. The van der Waals surface area contributed by atoms with Crippen LogP contribution in [-0.4, -0.2) is 17.6 Å². The van der Waals surface area contributed by atoms with Gasteiger partial charge in [0.15, 0.2) is 4.61 Å². The van der Waals surface area contributed by atoms with Crippen LogP contribution < -0.4 is 4.48 Å². The van der Waals surface area contributed by atoms with Crippen molar-refractivity contribution in [2.24, 2.45) is 0 Å². The van der Waals surface area contributed by atoms with Gasteiger partial charge in [0.1, 0.15) is 12.2 Å². The van der Waals surface area contributed by atoms with E-state index in [-0.39, 0.29) is 0 Å². The van der Waals surface area contributed by atoms with Crippen molar-refractivity contribution >= 4 is 27.6 Å². The lowest BCUT2D eigenvalue weighted by Gasteiger charge is -2.38. The molecule has 1 atom stereocenters. The largest absolute Gasteiger partial charge is 0.478 e. The fourth-order valence-corrected chi connectivity index (χ4v) is 4.30. The fourth-order valence-electron chi connectivity index (χ4n) is 3.66. The number of allylic oxidation sites excluding steroid dienone is 2. The summed E-state index contributed by atoms with van der Waals surface area (Å²) in [5.74, 6) is -0.826. The Kier molecular flexibility index (Phi) is 6.64. The van der Waals surface area contributed by atoms with Crippen molar-refractivity contribution in [2.75, 3.05) is 6.54 Å². The number of para-hydroxylation sites is 1. The average molecular weight is 427 g/mol. The number of carboxylic acids is 1. The van der Waals surface area contributed by atoms with Gasteiger partial charge in [-0.05, 0) is 43.9 Å². The second-order valence-corrected chi connectivity index (χ2v) is 7.78. The summed E-state index contributed by atoms with van der Waals surface area (Å²) in [6, 6.07) is 21.0. The molecule has 1 heterocycles. The van der Waals surface area contributed by atoms with Gasteiger partial charge in [-0.25, -0.2) is 9.28 Å². The zero-order chi connectivity index (χ0) is 19.1. The number of carbonyl (C=O) groups is 1. The molecule has 4 heteroatoms. The van der Waals surface area contributed by atoms with Crippen molar-refractivity contribution in [3.63, 3.8) is 0 Å². The Morgan fingerprint density at radius 3 is 2.26 bits per heavy atom. The van der Waals surface area contributed by atoms with Crippen LogP contribution in [0.4, 0.5) is 5.69 Å². The van der Waals surface area contributed by atoms with Crippen molar-refractivity contribution in [1.82, 2.24) is 4.48 Å². The van der Waals surface area contributed by atoms with E-state index < -0.39 is 5.97 Å². The highest BCUT2D eigenvalue weighted by Crippen LogP contribution is 2.36. The Hall–Kier alpha value is -2.17. The quantitative estimate of drug-likeness (QED) is 0.479. The minimum atomic E-state index is -0.826. The molecule has 1 N–H and O–H groups in total. The maximum Gasteiger partial charge on any atom is 0.331 e. The van der Waals surface area contributed by atoms with Crippen LogP contribution in [-0.2, 0) is 11.3 Å². The van der Waals surface area contributed by atoms with Crippen LogP contribution in [0, 0.1) is 0 Å². The van der Waals surface area contributed by atoms with E-state index in [2.05, 4.69) is 64.5 Å². The first-order valence-corrected chi connectivity index (χ1v) is 10.2. The molecule has 0 spiro atoms. The number of hydrogen-bond donors (Lipinski definition) is 1. The van der Waals surface area contributed by atoms with Crippen molar-refractivity contribution in [2.45, 2.75) is 32.2 Å². The zero-order valence-corrected chi connectivity index (χ0v) is 16.9. The highest BCUT2D eigenvalue weighted by Gasteiger charge is 2.34. The summed E-state index contributed by atoms with van der Waals surface area (Å²) in [6.45, 7) is 1.78. The van der Waals surface area contributed by atoms with Crippen LogP contribution in [0.1, 0.15) is 31.2 Å². The molecule has 1 aliphatic rings. The molecule has 27 heavy (non-hydrogen) atoms. The van der Waals surface area contributed by atoms with E-state index in [4.69, 9.17) is 0 Å². The van der Waals surface area contributed by atoms with Gasteiger partial charge in [-0.3, -0.25) is 0 Å². The number of carboxylic acid groups (broad SMARTS) is 1. The van der Waals surface area contributed by atoms with Crippen LogP contribution in [0.25, 0.3) is 0 Å². The molecule has 1 unspecified atom stereocenters. The molecular weight excluding hydrogens is 402 g/mol. The summed E-state index contributed by atoms with van der Waals surface area (Å²) < 4.78 is 1.63. The van der Waals surface area contributed by atoms with E-state index in [1.54, 1.807) is 6.08 Å². The standard InChI is InChI=1S/C23H24BrNO2/c24-22-16-15-20(23(26)27)12-6-3-9-17-25(22,21-13-7-2-8-14-21)18-19-10-4-1-5-11-19/h1-2,4-5,7-8,10-11,13-16H,3,6,9,12,17-18H2/p+1. The second kappa shape index (κ2) is 9.16. The van der Waals surface area contributed by atoms with Gasteiger partial charge in [-0.2, -0.15) is 0 Å². The summed E-state index contributed by atoms with van der Waals surface area (Å²) in [5.41, 5.74) is 2.93. The molecule has 3 nitrogen and oxygen atoms in total. The minimum Gasteiger partial charge on any atom is -0.478 e. The van der Waals surface area contributed by atoms with Crippen LogP contribution >= 0.6 is 15.9 Å². The summed E-state index contributed by atoms with van der Waals surface area (Å²) in [7, 11) is 0. The third-order valence-electron chi connectivity index (χ3n) is 5.14. The smallest absolute Gasteiger partial charge is 0.331 e. The van der Waals surface area contributed by atoms with Gasteiger partial charge < -0.3 is 5.11 Å². The van der Waals surface area contributed by atoms with E-state index in [1.165, 1.54) is 11.3 Å². The van der Waals surface area contributed by atoms with Crippen molar-refractivity contribution in [3.8, 4) is 0 Å². The summed E-state index contributed by atoms with van der Waals surface area (Å²) >= 11 is 3.82. The van der Waals surface area contributed by atoms with Gasteiger partial charge in [-0.1, -0.05) is 48.5 Å². The van der Waals surface area contributed by atoms with Gasteiger partial charge in [0, 0.05) is 33.1 Å². The Labute approximate surface area is 169 Å². The lowest BCUT2D eigenvalue weighted by Crippen LogP contribution is -2.46. The summed E-state index contributed by atoms with van der Waals surface area (Å²) in [6.07, 6.45) is 7.29. The zero-order valence-electron chi connectivity index (χ0n) is 15.4. The molecule has 0 saturated carbocycles. The molecule has 1 aliphatic heterocycles. The number of benzene rings is 2. The number of halogens is 1. The van der Waals surface area contributed by atoms with Crippen molar-refractivity contribution in [1.29, 1.82) is 0 Å². The number of aliphatic carboxylic acids is 1. The van der Waals surface area contributed by atoms with Crippen molar-refractivity contribution in [3.05, 3.63) is 88.6 Å². The van der Waals surface area contributed by atoms with E-state index in [0.717, 1.165) is 37.0 Å². The topological polar surface area (TPSA) is 37.3 Å². The normalized spacial score (nSPS) is 21.1. The Balaban J connectivity index is 2.11. The first kappa shape index (κ1) is 19.6. The maximum atomic E-state index is 11.5. The monoisotopic (exact) mass is 426 g/mol. The Morgan fingerprint density at radius 2 is 1.59 bits per heavy atom. The second-order valence-electron chi connectivity index (χ2n) is 6.97. The van der Waals surface area contributed by atoms with E-state index >= 15 is 0 Å². The lowest BCUT2D eigenvalue weighted by atomic mass is 10.0. The SMILES string of the molecule is O=C(O)C1=CC=C(Br)[N+](Cc2ccccc2)(c2ccccc2)CCCCC1.